The lowest BCUT2D eigenvalue weighted by Crippen LogP contribution is -2.10. The fourth-order valence-corrected chi connectivity index (χ4v) is 3.10. The Morgan fingerprint density at radius 2 is 1.87 bits per heavy atom. The van der Waals surface area contributed by atoms with E-state index in [1.807, 2.05) is 19.4 Å². The Kier molecular flexibility index (Phi) is 4.77. The number of nitrogens with one attached hydrogen (secondary N) is 1. The van der Waals surface area contributed by atoms with E-state index in [2.05, 4.69) is 65.2 Å². The standard InChI is InChI=1S/C20H25N3/c1-15(2)13-23-14-18(6-9-21-3)19-5-4-17(12-20(19)23)16-7-10-22-11-8-16/h4-5,7-8,10-12,14-15,21H,6,9,13H2,1-3H3. The Balaban J connectivity index is 2.08. The van der Waals surface area contributed by atoms with Gasteiger partial charge in [0, 0.05) is 36.0 Å². The molecule has 0 saturated heterocycles. The third-order valence-electron chi connectivity index (χ3n) is 4.18. The Bertz CT molecular complexity index is 772. The normalized spacial score (nSPS) is 11.5. The van der Waals surface area contributed by atoms with E-state index in [9.17, 15) is 0 Å². The molecular weight excluding hydrogens is 282 g/mol. The molecule has 23 heavy (non-hydrogen) atoms. The summed E-state index contributed by atoms with van der Waals surface area (Å²) in [6.07, 6.45) is 7.10. The summed E-state index contributed by atoms with van der Waals surface area (Å²) in [5.74, 6) is 0.632. The Hall–Kier alpha value is -2.13. The largest absolute Gasteiger partial charge is 0.347 e. The van der Waals surface area contributed by atoms with Gasteiger partial charge in [-0.15, -0.1) is 0 Å². The van der Waals surface area contributed by atoms with E-state index >= 15 is 0 Å². The van der Waals surface area contributed by atoms with Gasteiger partial charge < -0.3 is 9.88 Å². The van der Waals surface area contributed by atoms with E-state index in [1.54, 1.807) is 0 Å². The topological polar surface area (TPSA) is 29.9 Å². The highest BCUT2D eigenvalue weighted by Gasteiger charge is 2.11. The zero-order valence-corrected chi connectivity index (χ0v) is 14.2. The second kappa shape index (κ2) is 6.97. The zero-order valence-electron chi connectivity index (χ0n) is 14.2. The van der Waals surface area contributed by atoms with Crippen LogP contribution in [-0.4, -0.2) is 23.1 Å². The maximum Gasteiger partial charge on any atom is 0.0489 e. The molecule has 0 saturated carbocycles. The lowest BCUT2D eigenvalue weighted by Gasteiger charge is -2.09. The Morgan fingerprint density at radius 3 is 2.57 bits per heavy atom. The van der Waals surface area contributed by atoms with Crippen molar-refractivity contribution in [2.75, 3.05) is 13.6 Å². The van der Waals surface area contributed by atoms with Crippen LogP contribution in [0.5, 0.6) is 0 Å². The minimum Gasteiger partial charge on any atom is -0.347 e. The van der Waals surface area contributed by atoms with Crippen LogP contribution < -0.4 is 5.32 Å². The number of aromatic nitrogens is 2. The van der Waals surface area contributed by atoms with Gasteiger partial charge in [0.1, 0.15) is 0 Å². The van der Waals surface area contributed by atoms with Gasteiger partial charge in [0.2, 0.25) is 0 Å². The molecular formula is C20H25N3. The monoisotopic (exact) mass is 307 g/mol. The van der Waals surface area contributed by atoms with Crippen molar-refractivity contribution in [3.05, 3.63) is 54.5 Å². The maximum atomic E-state index is 4.12. The summed E-state index contributed by atoms with van der Waals surface area (Å²) in [4.78, 5) is 4.12. The highest BCUT2D eigenvalue weighted by molar-refractivity contribution is 5.88. The molecule has 0 aliphatic carbocycles. The van der Waals surface area contributed by atoms with Crippen LogP contribution in [-0.2, 0) is 13.0 Å². The van der Waals surface area contributed by atoms with E-state index in [0.717, 1.165) is 19.5 Å². The predicted molar refractivity (Wildman–Crippen MR) is 97.6 cm³/mol. The van der Waals surface area contributed by atoms with E-state index < -0.39 is 0 Å². The number of hydrogen-bond acceptors (Lipinski definition) is 2. The molecule has 0 bridgehead atoms. The lowest BCUT2D eigenvalue weighted by atomic mass is 10.0. The van der Waals surface area contributed by atoms with Crippen LogP contribution in [0.2, 0.25) is 0 Å². The first-order valence-corrected chi connectivity index (χ1v) is 8.36. The number of pyridine rings is 1. The molecule has 2 heterocycles. The molecule has 3 nitrogen and oxygen atoms in total. The minimum absolute atomic E-state index is 0.632. The van der Waals surface area contributed by atoms with Gasteiger partial charge in [0.15, 0.2) is 0 Å². The summed E-state index contributed by atoms with van der Waals surface area (Å²) >= 11 is 0. The van der Waals surface area contributed by atoms with Gasteiger partial charge in [-0.2, -0.15) is 0 Å². The molecule has 1 aromatic carbocycles. The molecule has 0 spiro atoms. The van der Waals surface area contributed by atoms with Gasteiger partial charge >= 0.3 is 0 Å². The highest BCUT2D eigenvalue weighted by Crippen LogP contribution is 2.28. The van der Waals surface area contributed by atoms with Gasteiger partial charge in [-0.1, -0.05) is 26.0 Å². The molecule has 0 aliphatic heterocycles. The quantitative estimate of drug-likeness (QED) is 0.742. The third kappa shape index (κ3) is 3.45. The Labute approximate surface area is 138 Å². The van der Waals surface area contributed by atoms with E-state index in [4.69, 9.17) is 0 Å². The molecule has 0 atom stereocenters. The van der Waals surface area contributed by atoms with Gasteiger partial charge in [-0.05, 0) is 60.8 Å². The SMILES string of the molecule is CNCCc1cn(CC(C)C)c2cc(-c3ccncc3)ccc12. The van der Waals surface area contributed by atoms with Crippen molar-refractivity contribution in [1.82, 2.24) is 14.9 Å². The molecule has 120 valence electrons. The van der Waals surface area contributed by atoms with Crippen LogP contribution in [0.1, 0.15) is 19.4 Å². The van der Waals surface area contributed by atoms with E-state index in [0.29, 0.717) is 5.92 Å². The number of rotatable bonds is 6. The smallest absolute Gasteiger partial charge is 0.0489 e. The van der Waals surface area contributed by atoms with Crippen molar-refractivity contribution in [3.63, 3.8) is 0 Å². The molecule has 1 N–H and O–H groups in total. The van der Waals surface area contributed by atoms with Gasteiger partial charge in [0.25, 0.3) is 0 Å². The van der Waals surface area contributed by atoms with Crippen LogP contribution >= 0.6 is 0 Å². The zero-order chi connectivity index (χ0) is 16.2. The van der Waals surface area contributed by atoms with Crippen LogP contribution in [0.3, 0.4) is 0 Å². The van der Waals surface area contributed by atoms with Crippen molar-refractivity contribution in [2.24, 2.45) is 5.92 Å². The third-order valence-corrected chi connectivity index (χ3v) is 4.18. The number of fused-ring (bicyclic) bond motifs is 1. The second-order valence-electron chi connectivity index (χ2n) is 6.52. The Morgan fingerprint density at radius 1 is 1.09 bits per heavy atom. The summed E-state index contributed by atoms with van der Waals surface area (Å²) in [6.45, 7) is 6.60. The molecule has 3 rings (SSSR count). The van der Waals surface area contributed by atoms with Gasteiger partial charge in [0.05, 0.1) is 0 Å². The van der Waals surface area contributed by atoms with Gasteiger partial charge in [-0.25, -0.2) is 0 Å². The summed E-state index contributed by atoms with van der Waals surface area (Å²) in [6, 6.07) is 10.9. The summed E-state index contributed by atoms with van der Waals surface area (Å²) in [7, 11) is 2.01. The molecule has 0 unspecified atom stereocenters. The number of likely N-dealkylation sites (N-methyl/N-ethyl adjacent to an activating group) is 1. The molecule has 0 radical (unpaired) electrons. The molecule has 2 aromatic heterocycles. The van der Waals surface area contributed by atoms with Crippen LogP contribution in [0.25, 0.3) is 22.0 Å². The average molecular weight is 307 g/mol. The van der Waals surface area contributed by atoms with Crippen LogP contribution in [0.4, 0.5) is 0 Å². The highest BCUT2D eigenvalue weighted by atomic mass is 15.0. The molecule has 0 aliphatic rings. The van der Waals surface area contributed by atoms with Crippen molar-refractivity contribution in [1.29, 1.82) is 0 Å². The number of nitrogens with zero attached hydrogens (tertiary/aromatic N) is 2. The first kappa shape index (κ1) is 15.8. The summed E-state index contributed by atoms with van der Waals surface area (Å²) < 4.78 is 2.41. The number of hydrogen-bond donors (Lipinski definition) is 1. The molecule has 3 heteroatoms. The van der Waals surface area contributed by atoms with Crippen LogP contribution in [0, 0.1) is 5.92 Å². The fraction of sp³-hybridized carbons (Fsp3) is 0.350. The van der Waals surface area contributed by atoms with E-state index in [1.165, 1.54) is 27.6 Å². The second-order valence-corrected chi connectivity index (χ2v) is 6.52. The predicted octanol–water partition coefficient (Wildman–Crippen LogP) is 4.12. The van der Waals surface area contributed by atoms with Crippen molar-refractivity contribution < 1.29 is 0 Å². The maximum absolute atomic E-state index is 4.12. The van der Waals surface area contributed by atoms with E-state index in [-0.39, 0.29) is 0 Å². The van der Waals surface area contributed by atoms with Crippen LogP contribution in [0.15, 0.2) is 48.9 Å². The fourth-order valence-electron chi connectivity index (χ4n) is 3.10. The first-order chi connectivity index (χ1) is 11.2. The summed E-state index contributed by atoms with van der Waals surface area (Å²) in [5.41, 5.74) is 5.23. The van der Waals surface area contributed by atoms with Crippen molar-refractivity contribution in [2.45, 2.75) is 26.8 Å². The first-order valence-electron chi connectivity index (χ1n) is 8.36. The lowest BCUT2D eigenvalue weighted by molar-refractivity contribution is 0.534. The average Bonchev–Trinajstić information content (AvgIpc) is 2.90. The van der Waals surface area contributed by atoms with Crippen molar-refractivity contribution >= 4 is 10.9 Å². The minimum atomic E-state index is 0.632. The van der Waals surface area contributed by atoms with Gasteiger partial charge in [-0.3, -0.25) is 4.98 Å². The molecule has 0 amide bonds. The molecule has 3 aromatic rings. The molecule has 0 fully saturated rings. The van der Waals surface area contributed by atoms with Crippen molar-refractivity contribution in [3.8, 4) is 11.1 Å². The number of benzene rings is 1. The summed E-state index contributed by atoms with van der Waals surface area (Å²) in [5, 5.41) is 4.63.